The van der Waals surface area contributed by atoms with E-state index in [9.17, 15) is 18.3 Å². The van der Waals surface area contributed by atoms with Gasteiger partial charge in [-0.05, 0) is 36.5 Å². The van der Waals surface area contributed by atoms with Gasteiger partial charge in [0.1, 0.15) is 6.23 Å². The Bertz CT molecular complexity index is 499. The van der Waals surface area contributed by atoms with Crippen molar-refractivity contribution in [1.29, 1.82) is 0 Å². The maximum atomic E-state index is 12.6. The normalized spacial score (nSPS) is 31.1. The van der Waals surface area contributed by atoms with Gasteiger partial charge in [0.2, 0.25) is 0 Å². The van der Waals surface area contributed by atoms with Gasteiger partial charge < -0.3 is 5.11 Å². The van der Waals surface area contributed by atoms with Gasteiger partial charge in [-0.2, -0.15) is 13.2 Å². The van der Waals surface area contributed by atoms with Gasteiger partial charge in [-0.25, -0.2) is 0 Å². The quantitative estimate of drug-likeness (QED) is 0.923. The summed E-state index contributed by atoms with van der Waals surface area (Å²) in [5, 5.41) is 9.89. The predicted molar refractivity (Wildman–Crippen MR) is 69.1 cm³/mol. The van der Waals surface area contributed by atoms with E-state index in [-0.39, 0.29) is 5.41 Å². The largest absolute Gasteiger partial charge is 0.416 e. The van der Waals surface area contributed by atoms with Gasteiger partial charge in [-0.15, -0.1) is 0 Å². The van der Waals surface area contributed by atoms with Crippen molar-refractivity contribution in [2.24, 2.45) is 5.92 Å². The van der Waals surface area contributed by atoms with Crippen LogP contribution in [-0.4, -0.2) is 29.3 Å². The van der Waals surface area contributed by atoms with Crippen LogP contribution in [0.1, 0.15) is 30.9 Å². The average Bonchev–Trinajstić information content (AvgIpc) is 2.99. The maximum absolute atomic E-state index is 12.6. The molecule has 3 atom stereocenters. The molecule has 0 aromatic heterocycles. The monoisotopic (exact) mass is 285 g/mol. The number of nitrogens with zero attached hydrogens (tertiary/aromatic N) is 1. The summed E-state index contributed by atoms with van der Waals surface area (Å²) in [6, 6.07) is 5.53. The fourth-order valence-corrected chi connectivity index (χ4v) is 3.44. The molecule has 0 spiro atoms. The van der Waals surface area contributed by atoms with Gasteiger partial charge in [-0.3, -0.25) is 4.90 Å². The van der Waals surface area contributed by atoms with Crippen molar-refractivity contribution in [3.8, 4) is 0 Å². The summed E-state index contributed by atoms with van der Waals surface area (Å²) in [6.45, 7) is 3.52. The number of rotatable bonds is 3. The first-order valence-corrected chi connectivity index (χ1v) is 6.96. The van der Waals surface area contributed by atoms with E-state index in [4.69, 9.17) is 0 Å². The minimum absolute atomic E-state index is 0.0275. The van der Waals surface area contributed by atoms with Crippen molar-refractivity contribution in [3.63, 3.8) is 0 Å². The summed E-state index contributed by atoms with van der Waals surface area (Å²) < 4.78 is 37.7. The van der Waals surface area contributed by atoms with Crippen LogP contribution in [0.15, 0.2) is 24.3 Å². The van der Waals surface area contributed by atoms with E-state index in [1.165, 1.54) is 12.1 Å². The van der Waals surface area contributed by atoms with Gasteiger partial charge in [0, 0.05) is 18.5 Å². The van der Waals surface area contributed by atoms with Gasteiger partial charge >= 0.3 is 6.18 Å². The molecule has 3 rings (SSSR count). The third-order valence-corrected chi connectivity index (χ3v) is 4.75. The van der Waals surface area contributed by atoms with E-state index in [0.29, 0.717) is 12.3 Å². The summed E-state index contributed by atoms with van der Waals surface area (Å²) in [6.07, 6.45) is -3.02. The fourth-order valence-electron chi connectivity index (χ4n) is 3.44. The van der Waals surface area contributed by atoms with Gasteiger partial charge in [0.15, 0.2) is 0 Å². The van der Waals surface area contributed by atoms with Gasteiger partial charge in [0.05, 0.1) is 5.56 Å². The number of piperidine rings is 1. The molecule has 1 aliphatic heterocycles. The predicted octanol–water partition coefficient (Wildman–Crippen LogP) is 3.01. The number of likely N-dealkylation sites (tertiary alicyclic amines) is 1. The Morgan fingerprint density at radius 1 is 1.35 bits per heavy atom. The minimum Gasteiger partial charge on any atom is -0.378 e. The molecular formula is C15H18F3NO. The molecule has 1 aromatic rings. The number of fused-ring (bicyclic) bond motifs is 1. The van der Waals surface area contributed by atoms with Crippen LogP contribution in [0.3, 0.4) is 0 Å². The van der Waals surface area contributed by atoms with E-state index in [2.05, 4.69) is 0 Å². The molecule has 5 heteroatoms. The topological polar surface area (TPSA) is 23.5 Å². The molecule has 1 aromatic carbocycles. The molecule has 2 aliphatic rings. The van der Waals surface area contributed by atoms with Crippen molar-refractivity contribution in [1.82, 2.24) is 4.90 Å². The first-order chi connectivity index (χ1) is 9.37. The number of hydrogen-bond donors (Lipinski definition) is 1. The standard InChI is InChI=1S/C15H18F3NO/c1-2-13(20)19-8-12-7-14(12,9-19)10-3-5-11(6-4-10)15(16,17)18/h3-6,12-13,20H,2,7-9H2,1H3/t12-,13?,14+/m0/s1. The van der Waals surface area contributed by atoms with Crippen molar-refractivity contribution in [3.05, 3.63) is 35.4 Å². The van der Waals surface area contributed by atoms with Crippen LogP contribution >= 0.6 is 0 Å². The molecule has 0 bridgehead atoms. The Morgan fingerprint density at radius 3 is 2.55 bits per heavy atom. The summed E-state index contributed by atoms with van der Waals surface area (Å²) in [5.74, 6) is 0.473. The highest BCUT2D eigenvalue weighted by molar-refractivity contribution is 5.39. The number of benzene rings is 1. The lowest BCUT2D eigenvalue weighted by Gasteiger charge is -2.25. The SMILES string of the molecule is CCC(O)N1C[C@@H]2C[C@]2(c2ccc(C(F)(F)F)cc2)C1. The lowest BCUT2D eigenvalue weighted by Crippen LogP contribution is -2.36. The molecule has 0 radical (unpaired) electrons. The number of aliphatic hydroxyl groups is 1. The first-order valence-electron chi connectivity index (χ1n) is 6.96. The van der Waals surface area contributed by atoms with Gasteiger partial charge in [0.25, 0.3) is 0 Å². The Labute approximate surface area is 116 Å². The third-order valence-electron chi connectivity index (χ3n) is 4.75. The lowest BCUT2D eigenvalue weighted by atomic mass is 9.94. The summed E-state index contributed by atoms with van der Waals surface area (Å²) in [4.78, 5) is 2.03. The molecule has 0 amide bonds. The molecular weight excluding hydrogens is 267 g/mol. The smallest absolute Gasteiger partial charge is 0.378 e. The highest BCUT2D eigenvalue weighted by Gasteiger charge is 2.61. The van der Waals surface area contributed by atoms with E-state index >= 15 is 0 Å². The second-order valence-corrected chi connectivity index (χ2v) is 5.95. The van der Waals surface area contributed by atoms with Crippen molar-refractivity contribution >= 4 is 0 Å². The van der Waals surface area contributed by atoms with E-state index in [0.717, 1.165) is 25.1 Å². The fraction of sp³-hybridized carbons (Fsp3) is 0.600. The Balaban J connectivity index is 1.78. The van der Waals surface area contributed by atoms with Crippen LogP contribution in [0, 0.1) is 5.92 Å². The first kappa shape index (κ1) is 13.9. The molecule has 110 valence electrons. The molecule has 1 aliphatic carbocycles. The zero-order valence-electron chi connectivity index (χ0n) is 11.3. The zero-order valence-corrected chi connectivity index (χ0v) is 11.3. The summed E-state index contributed by atoms with van der Waals surface area (Å²) in [7, 11) is 0. The second kappa shape index (κ2) is 4.46. The molecule has 1 N–H and O–H groups in total. The zero-order chi connectivity index (χ0) is 14.5. The number of hydrogen-bond acceptors (Lipinski definition) is 2. The van der Waals surface area contributed by atoms with Crippen molar-refractivity contribution in [2.75, 3.05) is 13.1 Å². The van der Waals surface area contributed by atoms with E-state index in [1.54, 1.807) is 12.1 Å². The lowest BCUT2D eigenvalue weighted by molar-refractivity contribution is -0.137. The third kappa shape index (κ3) is 2.13. The van der Waals surface area contributed by atoms with Crippen LogP contribution < -0.4 is 0 Å². The van der Waals surface area contributed by atoms with Crippen molar-refractivity contribution < 1.29 is 18.3 Å². The number of halogens is 3. The second-order valence-electron chi connectivity index (χ2n) is 5.95. The van der Waals surface area contributed by atoms with Crippen LogP contribution in [0.2, 0.25) is 0 Å². The minimum atomic E-state index is -4.28. The molecule has 2 fully saturated rings. The van der Waals surface area contributed by atoms with E-state index in [1.807, 2.05) is 11.8 Å². The van der Waals surface area contributed by atoms with Crippen LogP contribution in [0.5, 0.6) is 0 Å². The molecule has 2 nitrogen and oxygen atoms in total. The molecule has 1 saturated heterocycles. The Morgan fingerprint density at radius 2 is 2.00 bits per heavy atom. The van der Waals surface area contributed by atoms with Gasteiger partial charge in [-0.1, -0.05) is 19.1 Å². The highest BCUT2D eigenvalue weighted by atomic mass is 19.4. The van der Waals surface area contributed by atoms with E-state index < -0.39 is 18.0 Å². The number of alkyl halides is 3. The molecule has 1 heterocycles. The summed E-state index contributed by atoms with van der Waals surface area (Å²) in [5.41, 5.74) is 0.347. The van der Waals surface area contributed by atoms with Crippen LogP contribution in [0.25, 0.3) is 0 Å². The Kier molecular flexibility index (Phi) is 3.10. The maximum Gasteiger partial charge on any atom is 0.416 e. The average molecular weight is 285 g/mol. The van der Waals surface area contributed by atoms with Crippen LogP contribution in [-0.2, 0) is 11.6 Å². The highest BCUT2D eigenvalue weighted by Crippen LogP contribution is 2.59. The molecule has 1 saturated carbocycles. The molecule has 1 unspecified atom stereocenters. The van der Waals surface area contributed by atoms with Crippen LogP contribution in [0.4, 0.5) is 13.2 Å². The summed E-state index contributed by atoms with van der Waals surface area (Å²) >= 11 is 0. The molecule has 20 heavy (non-hydrogen) atoms. The number of aliphatic hydroxyl groups excluding tert-OH is 1. The Hall–Kier alpha value is -1.07. The van der Waals surface area contributed by atoms with Crippen molar-refractivity contribution in [2.45, 2.75) is 37.6 Å².